The van der Waals surface area contributed by atoms with Gasteiger partial charge in [0.25, 0.3) is 5.91 Å². The second-order valence-electron chi connectivity index (χ2n) is 7.58. The molecule has 0 radical (unpaired) electrons. The number of nitrogens with one attached hydrogen (secondary N) is 1. The highest BCUT2D eigenvalue weighted by Gasteiger charge is 2.32. The van der Waals surface area contributed by atoms with Crippen molar-refractivity contribution in [2.45, 2.75) is 52.9 Å². The van der Waals surface area contributed by atoms with Crippen LogP contribution in [0.1, 0.15) is 59.0 Å². The molecule has 0 aliphatic carbocycles. The van der Waals surface area contributed by atoms with Crippen molar-refractivity contribution in [3.63, 3.8) is 0 Å². The smallest absolute Gasteiger partial charge is 0.274 e. The minimum atomic E-state index is -0.0534. The molecule has 2 aromatic heterocycles. The highest BCUT2D eigenvalue weighted by Crippen LogP contribution is 2.30. The molecular weight excluding hydrogens is 346 g/mol. The van der Waals surface area contributed by atoms with E-state index in [-0.39, 0.29) is 18.1 Å². The van der Waals surface area contributed by atoms with E-state index in [0.29, 0.717) is 25.3 Å². The Hall–Kier alpha value is -2.19. The number of aryl methyl sites for hydroxylation is 2. The van der Waals surface area contributed by atoms with Crippen LogP contribution < -0.4 is 0 Å². The first-order valence-corrected chi connectivity index (χ1v) is 9.59. The third-order valence-corrected chi connectivity index (χ3v) is 5.53. The summed E-state index contributed by atoms with van der Waals surface area (Å²) in [5, 5.41) is 7.33. The number of oxazole rings is 1. The number of hydrogen-bond donors (Lipinski definition) is 1. The van der Waals surface area contributed by atoms with Gasteiger partial charge in [0, 0.05) is 38.2 Å². The molecular formula is C19H27N5O3. The summed E-state index contributed by atoms with van der Waals surface area (Å²) in [4.78, 5) is 21.6. The summed E-state index contributed by atoms with van der Waals surface area (Å²) in [6.07, 6.45) is 0.767. The van der Waals surface area contributed by atoms with Crippen LogP contribution in [0.2, 0.25) is 0 Å². The topological polar surface area (TPSA) is 87.5 Å². The van der Waals surface area contributed by atoms with Gasteiger partial charge in [-0.15, -0.1) is 0 Å². The van der Waals surface area contributed by atoms with Gasteiger partial charge in [-0.1, -0.05) is 0 Å². The Morgan fingerprint density at radius 3 is 2.63 bits per heavy atom. The molecule has 0 bridgehead atoms. The fourth-order valence-electron chi connectivity index (χ4n) is 3.91. The Kier molecular flexibility index (Phi) is 4.77. The molecule has 1 saturated heterocycles. The molecule has 1 N–H and O–H groups in total. The van der Waals surface area contributed by atoms with Gasteiger partial charge >= 0.3 is 0 Å². The van der Waals surface area contributed by atoms with Gasteiger partial charge in [-0.25, -0.2) is 4.98 Å². The average Bonchev–Trinajstić information content (AvgIpc) is 3.18. The van der Waals surface area contributed by atoms with Gasteiger partial charge in [0.2, 0.25) is 5.89 Å². The van der Waals surface area contributed by atoms with E-state index >= 15 is 0 Å². The van der Waals surface area contributed by atoms with E-state index in [1.165, 1.54) is 0 Å². The third-order valence-electron chi connectivity index (χ3n) is 5.53. The molecule has 27 heavy (non-hydrogen) atoms. The lowest BCUT2D eigenvalue weighted by Crippen LogP contribution is -2.48. The lowest BCUT2D eigenvalue weighted by atomic mass is 9.99. The lowest BCUT2D eigenvalue weighted by molar-refractivity contribution is -0.00704. The van der Waals surface area contributed by atoms with Crippen LogP contribution in [0, 0.1) is 13.8 Å². The standard InChI is InChI=1S/C19H27N5O3/c1-11-9-15-17(14(4)26-11)21-22-18(15)19(25)24-7-5-23(6-8-24)10-16-20-12(2)13(3)27-16/h11,14H,5-10H2,1-4H3,(H,21,22)/t11-,14+/m1/s1. The number of ether oxygens (including phenoxy) is 1. The molecule has 2 aliphatic heterocycles. The molecule has 4 heterocycles. The van der Waals surface area contributed by atoms with Gasteiger partial charge < -0.3 is 14.1 Å². The summed E-state index contributed by atoms with van der Waals surface area (Å²) in [7, 11) is 0. The van der Waals surface area contributed by atoms with Gasteiger partial charge in [-0.3, -0.25) is 14.8 Å². The van der Waals surface area contributed by atoms with Gasteiger partial charge in [0.1, 0.15) is 5.76 Å². The maximum atomic E-state index is 13.0. The molecule has 0 spiro atoms. The molecule has 1 amide bonds. The Labute approximate surface area is 158 Å². The van der Waals surface area contributed by atoms with Crippen LogP contribution >= 0.6 is 0 Å². The first-order valence-electron chi connectivity index (χ1n) is 9.59. The van der Waals surface area contributed by atoms with Gasteiger partial charge in [0.05, 0.1) is 30.1 Å². The fourth-order valence-corrected chi connectivity index (χ4v) is 3.91. The minimum absolute atomic E-state index is 0.0104. The highest BCUT2D eigenvalue weighted by atomic mass is 16.5. The quantitative estimate of drug-likeness (QED) is 0.885. The molecule has 2 atom stereocenters. The Balaban J connectivity index is 1.39. The zero-order valence-electron chi connectivity index (χ0n) is 16.4. The Morgan fingerprint density at radius 1 is 1.22 bits per heavy atom. The number of nitrogens with zero attached hydrogens (tertiary/aromatic N) is 4. The molecule has 0 saturated carbocycles. The zero-order valence-corrected chi connectivity index (χ0v) is 16.4. The second kappa shape index (κ2) is 7.09. The lowest BCUT2D eigenvalue weighted by Gasteiger charge is -2.34. The van der Waals surface area contributed by atoms with E-state index in [4.69, 9.17) is 9.15 Å². The van der Waals surface area contributed by atoms with E-state index in [1.807, 2.05) is 32.6 Å². The van der Waals surface area contributed by atoms with Gasteiger partial charge in [-0.05, 0) is 27.7 Å². The number of H-pyrrole nitrogens is 1. The van der Waals surface area contributed by atoms with Gasteiger partial charge in [0.15, 0.2) is 5.69 Å². The number of carbonyl (C=O) groups is 1. The number of piperazine rings is 1. The van der Waals surface area contributed by atoms with Crippen LogP contribution in [0.5, 0.6) is 0 Å². The first-order chi connectivity index (χ1) is 12.9. The molecule has 1 fully saturated rings. The number of amides is 1. The number of hydrogen-bond acceptors (Lipinski definition) is 6. The first kappa shape index (κ1) is 18.2. The molecule has 2 aliphatic rings. The largest absolute Gasteiger partial charge is 0.444 e. The number of fused-ring (bicyclic) bond motifs is 1. The van der Waals surface area contributed by atoms with Crippen LogP contribution in [-0.2, 0) is 17.7 Å². The normalized spacial score (nSPS) is 23.5. The number of aromatic amines is 1. The van der Waals surface area contributed by atoms with Gasteiger partial charge in [-0.2, -0.15) is 5.10 Å². The van der Waals surface area contributed by atoms with E-state index in [1.54, 1.807) is 0 Å². The summed E-state index contributed by atoms with van der Waals surface area (Å²) in [6, 6.07) is 0. The third kappa shape index (κ3) is 3.51. The fraction of sp³-hybridized carbons (Fsp3) is 0.632. The summed E-state index contributed by atoms with van der Waals surface area (Å²) in [5.41, 5.74) is 3.44. The summed E-state index contributed by atoms with van der Waals surface area (Å²) in [6.45, 7) is 11.6. The summed E-state index contributed by atoms with van der Waals surface area (Å²) < 4.78 is 11.5. The average molecular weight is 373 g/mol. The number of aromatic nitrogens is 3. The molecule has 8 heteroatoms. The molecule has 0 unspecified atom stereocenters. The van der Waals surface area contributed by atoms with Crippen LogP contribution in [0.15, 0.2) is 4.42 Å². The maximum absolute atomic E-state index is 13.0. The molecule has 146 valence electrons. The van der Waals surface area contributed by atoms with Crippen molar-refractivity contribution in [3.8, 4) is 0 Å². The van der Waals surface area contributed by atoms with Crippen LogP contribution in [0.3, 0.4) is 0 Å². The predicted molar refractivity (Wildman–Crippen MR) is 98.4 cm³/mol. The van der Waals surface area contributed by atoms with E-state index in [9.17, 15) is 4.79 Å². The number of rotatable bonds is 3. The van der Waals surface area contributed by atoms with E-state index in [2.05, 4.69) is 20.1 Å². The van der Waals surface area contributed by atoms with Crippen molar-refractivity contribution >= 4 is 5.91 Å². The van der Waals surface area contributed by atoms with Crippen LogP contribution in [0.25, 0.3) is 0 Å². The van der Waals surface area contributed by atoms with Crippen molar-refractivity contribution in [1.82, 2.24) is 25.0 Å². The van der Waals surface area contributed by atoms with E-state index < -0.39 is 0 Å². The van der Waals surface area contributed by atoms with E-state index in [0.717, 1.165) is 48.1 Å². The zero-order chi connectivity index (χ0) is 19.1. The second-order valence-corrected chi connectivity index (χ2v) is 7.58. The van der Waals surface area contributed by atoms with Crippen molar-refractivity contribution in [3.05, 3.63) is 34.3 Å². The molecule has 2 aromatic rings. The number of carbonyl (C=O) groups excluding carboxylic acids is 1. The molecule has 8 nitrogen and oxygen atoms in total. The predicted octanol–water partition coefficient (Wildman–Crippen LogP) is 1.99. The van der Waals surface area contributed by atoms with Crippen molar-refractivity contribution < 1.29 is 13.9 Å². The molecule has 4 rings (SSSR count). The van der Waals surface area contributed by atoms with Crippen molar-refractivity contribution in [1.29, 1.82) is 0 Å². The minimum Gasteiger partial charge on any atom is -0.444 e. The highest BCUT2D eigenvalue weighted by molar-refractivity contribution is 5.94. The summed E-state index contributed by atoms with van der Waals surface area (Å²) >= 11 is 0. The Bertz CT molecular complexity index is 815. The monoisotopic (exact) mass is 373 g/mol. The van der Waals surface area contributed by atoms with Crippen LogP contribution in [0.4, 0.5) is 0 Å². The Morgan fingerprint density at radius 2 is 1.96 bits per heavy atom. The van der Waals surface area contributed by atoms with Crippen molar-refractivity contribution in [2.75, 3.05) is 26.2 Å². The SMILES string of the molecule is Cc1nc(CN2CCN(C(=O)c3n[nH]c4c3C[C@@H](C)O[C@H]4C)CC2)oc1C. The van der Waals surface area contributed by atoms with Crippen molar-refractivity contribution in [2.24, 2.45) is 0 Å². The molecule has 0 aromatic carbocycles. The summed E-state index contributed by atoms with van der Waals surface area (Å²) in [5.74, 6) is 1.62. The maximum Gasteiger partial charge on any atom is 0.274 e. The van der Waals surface area contributed by atoms with Crippen LogP contribution in [-0.4, -0.2) is 63.2 Å².